The third kappa shape index (κ3) is 3.90. The van der Waals surface area contributed by atoms with Crippen molar-refractivity contribution in [1.29, 1.82) is 0 Å². The van der Waals surface area contributed by atoms with Gasteiger partial charge < -0.3 is 0 Å². The molecule has 17 heavy (non-hydrogen) atoms. The van der Waals surface area contributed by atoms with E-state index in [1.165, 1.54) is 19.1 Å². The highest BCUT2D eigenvalue weighted by Gasteiger charge is 2.20. The van der Waals surface area contributed by atoms with E-state index in [4.69, 9.17) is 0 Å². The fourth-order valence-corrected chi connectivity index (χ4v) is 2.91. The van der Waals surface area contributed by atoms with E-state index in [9.17, 15) is 13.2 Å². The molecule has 0 amide bonds. The second-order valence-corrected chi connectivity index (χ2v) is 6.03. The molecule has 94 valence electrons. The predicted molar refractivity (Wildman–Crippen MR) is 69.8 cm³/mol. The van der Waals surface area contributed by atoms with E-state index in [2.05, 4.69) is 20.7 Å². The van der Waals surface area contributed by atoms with E-state index < -0.39 is 16.1 Å². The van der Waals surface area contributed by atoms with Gasteiger partial charge in [0.05, 0.1) is 16.3 Å². The summed E-state index contributed by atoms with van der Waals surface area (Å²) in [5.41, 5.74) is 0.980. The molecule has 0 fully saturated rings. The van der Waals surface area contributed by atoms with Crippen LogP contribution >= 0.6 is 15.9 Å². The number of carbonyl (C=O) groups excluding carboxylic acids is 1. The average Bonchev–Trinajstić information content (AvgIpc) is 2.27. The second-order valence-electron chi connectivity index (χ2n) is 3.76. The van der Waals surface area contributed by atoms with Crippen LogP contribution in [0.5, 0.6) is 0 Å². The lowest BCUT2D eigenvalue weighted by Gasteiger charge is -2.12. The molecular formula is C11H14BrNO3S. The molecular weight excluding hydrogens is 306 g/mol. The molecule has 1 unspecified atom stereocenters. The molecule has 1 aromatic carbocycles. The zero-order valence-electron chi connectivity index (χ0n) is 9.60. The standard InChI is InChI=1S/C11H14BrNO3S/c1-8-3-5-10(6-4-8)17(15,16)13-9(2)11(14)7-12/h3-6,9,13H,7H2,1-2H3. The minimum Gasteiger partial charge on any atom is -0.297 e. The van der Waals surface area contributed by atoms with Crippen molar-refractivity contribution < 1.29 is 13.2 Å². The van der Waals surface area contributed by atoms with Crippen LogP contribution in [0.15, 0.2) is 29.2 Å². The van der Waals surface area contributed by atoms with Crippen molar-refractivity contribution in [2.45, 2.75) is 24.8 Å². The highest BCUT2D eigenvalue weighted by molar-refractivity contribution is 9.09. The lowest BCUT2D eigenvalue weighted by Crippen LogP contribution is -2.38. The summed E-state index contributed by atoms with van der Waals surface area (Å²) in [7, 11) is -3.62. The van der Waals surface area contributed by atoms with Crippen LogP contribution in [0.4, 0.5) is 0 Å². The lowest BCUT2D eigenvalue weighted by atomic mass is 10.2. The Morgan fingerprint density at radius 3 is 2.35 bits per heavy atom. The van der Waals surface area contributed by atoms with Gasteiger partial charge in [0.2, 0.25) is 10.0 Å². The molecule has 0 saturated carbocycles. The fourth-order valence-electron chi connectivity index (χ4n) is 1.20. The maximum absolute atomic E-state index is 11.9. The summed E-state index contributed by atoms with van der Waals surface area (Å²) in [6.07, 6.45) is 0. The van der Waals surface area contributed by atoms with Crippen molar-refractivity contribution in [3.8, 4) is 0 Å². The Hall–Kier alpha value is -0.720. The Balaban J connectivity index is 2.89. The Kier molecular flexibility index (Phi) is 4.85. The van der Waals surface area contributed by atoms with E-state index in [-0.39, 0.29) is 16.0 Å². The molecule has 0 aliphatic rings. The van der Waals surface area contributed by atoms with Crippen molar-refractivity contribution in [1.82, 2.24) is 4.72 Å². The monoisotopic (exact) mass is 319 g/mol. The number of nitrogens with one attached hydrogen (secondary N) is 1. The number of rotatable bonds is 5. The van der Waals surface area contributed by atoms with E-state index in [1.54, 1.807) is 12.1 Å². The molecule has 6 heteroatoms. The zero-order valence-corrected chi connectivity index (χ0v) is 12.0. The zero-order chi connectivity index (χ0) is 13.1. The van der Waals surface area contributed by atoms with Gasteiger partial charge in [-0.2, -0.15) is 0 Å². The molecule has 0 radical (unpaired) electrons. The molecule has 0 spiro atoms. The molecule has 4 nitrogen and oxygen atoms in total. The number of aryl methyl sites for hydroxylation is 1. The number of carbonyl (C=O) groups is 1. The van der Waals surface area contributed by atoms with Crippen LogP contribution in [-0.2, 0) is 14.8 Å². The maximum Gasteiger partial charge on any atom is 0.241 e. The maximum atomic E-state index is 11.9. The van der Waals surface area contributed by atoms with Crippen LogP contribution in [-0.4, -0.2) is 25.6 Å². The van der Waals surface area contributed by atoms with Crippen molar-refractivity contribution in [2.75, 3.05) is 5.33 Å². The number of alkyl halides is 1. The predicted octanol–water partition coefficient (Wildman–Crippen LogP) is 1.63. The molecule has 1 aromatic rings. The molecule has 0 bridgehead atoms. The summed E-state index contributed by atoms with van der Waals surface area (Å²) in [6.45, 7) is 3.40. The van der Waals surface area contributed by atoms with Gasteiger partial charge >= 0.3 is 0 Å². The number of sulfonamides is 1. The van der Waals surface area contributed by atoms with Crippen LogP contribution in [0.3, 0.4) is 0 Å². The van der Waals surface area contributed by atoms with Crippen LogP contribution in [0.1, 0.15) is 12.5 Å². The van der Waals surface area contributed by atoms with E-state index in [0.29, 0.717) is 0 Å². The van der Waals surface area contributed by atoms with Crippen LogP contribution in [0.25, 0.3) is 0 Å². The van der Waals surface area contributed by atoms with Crippen LogP contribution in [0.2, 0.25) is 0 Å². The quantitative estimate of drug-likeness (QED) is 0.839. The first kappa shape index (κ1) is 14.3. The van der Waals surface area contributed by atoms with Gasteiger partial charge in [0, 0.05) is 0 Å². The van der Waals surface area contributed by atoms with Gasteiger partial charge in [0.1, 0.15) is 0 Å². The van der Waals surface area contributed by atoms with Gasteiger partial charge in [-0.3, -0.25) is 4.79 Å². The van der Waals surface area contributed by atoms with Gasteiger partial charge in [-0.1, -0.05) is 33.6 Å². The summed E-state index contributed by atoms with van der Waals surface area (Å²) in [6, 6.07) is 5.73. The third-order valence-corrected chi connectivity index (χ3v) is 4.39. The van der Waals surface area contributed by atoms with Crippen molar-refractivity contribution in [2.24, 2.45) is 0 Å². The topological polar surface area (TPSA) is 63.2 Å². The smallest absolute Gasteiger partial charge is 0.241 e. The van der Waals surface area contributed by atoms with E-state index in [0.717, 1.165) is 5.56 Å². The number of hydrogen-bond acceptors (Lipinski definition) is 3. The number of hydrogen-bond donors (Lipinski definition) is 1. The molecule has 0 heterocycles. The fraction of sp³-hybridized carbons (Fsp3) is 0.364. The van der Waals surface area contributed by atoms with Gasteiger partial charge in [-0.05, 0) is 26.0 Å². The molecule has 0 aliphatic heterocycles. The van der Waals surface area contributed by atoms with Crippen molar-refractivity contribution in [3.05, 3.63) is 29.8 Å². The van der Waals surface area contributed by atoms with Crippen LogP contribution in [0, 0.1) is 6.92 Å². The van der Waals surface area contributed by atoms with Gasteiger partial charge in [-0.15, -0.1) is 0 Å². The van der Waals surface area contributed by atoms with Crippen LogP contribution < -0.4 is 4.72 Å². The van der Waals surface area contributed by atoms with Crippen molar-refractivity contribution >= 4 is 31.7 Å². The van der Waals surface area contributed by atoms with Crippen molar-refractivity contribution in [3.63, 3.8) is 0 Å². The average molecular weight is 320 g/mol. The number of ketones is 1. The Morgan fingerprint density at radius 2 is 1.88 bits per heavy atom. The lowest BCUT2D eigenvalue weighted by molar-refractivity contribution is -0.117. The summed E-state index contributed by atoms with van der Waals surface area (Å²) in [5.74, 6) is -0.208. The van der Waals surface area contributed by atoms with Gasteiger partial charge in [0.25, 0.3) is 0 Å². The largest absolute Gasteiger partial charge is 0.297 e. The summed E-state index contributed by atoms with van der Waals surface area (Å²) in [5, 5.41) is 0.130. The number of benzene rings is 1. The Morgan fingerprint density at radius 1 is 1.35 bits per heavy atom. The van der Waals surface area contributed by atoms with E-state index in [1.807, 2.05) is 6.92 Å². The van der Waals surface area contributed by atoms with E-state index >= 15 is 0 Å². The third-order valence-electron chi connectivity index (χ3n) is 2.28. The number of halogens is 1. The highest BCUT2D eigenvalue weighted by Crippen LogP contribution is 2.10. The summed E-state index contributed by atoms with van der Waals surface area (Å²) >= 11 is 3.00. The molecule has 1 N–H and O–H groups in total. The first-order chi connectivity index (χ1) is 7.86. The number of Topliss-reactive ketones (excluding diaryl/α,β-unsaturated/α-hetero) is 1. The summed E-state index contributed by atoms with van der Waals surface area (Å²) in [4.78, 5) is 11.5. The SMILES string of the molecule is Cc1ccc(S(=O)(=O)NC(C)C(=O)CBr)cc1. The van der Waals surface area contributed by atoms with Gasteiger partial charge in [-0.25, -0.2) is 13.1 Å². The highest BCUT2D eigenvalue weighted by atomic mass is 79.9. The minimum atomic E-state index is -3.62. The Labute approximate surface area is 110 Å². The normalized spacial score (nSPS) is 13.4. The molecule has 0 saturated heterocycles. The Bertz CT molecular complexity index is 496. The molecule has 1 atom stereocenters. The molecule has 1 rings (SSSR count). The minimum absolute atomic E-state index is 0.130. The summed E-state index contributed by atoms with van der Waals surface area (Å²) < 4.78 is 26.1. The van der Waals surface area contributed by atoms with Gasteiger partial charge in [0.15, 0.2) is 5.78 Å². The first-order valence-corrected chi connectivity index (χ1v) is 7.65. The first-order valence-electron chi connectivity index (χ1n) is 5.04. The second kappa shape index (κ2) is 5.75. The molecule has 0 aromatic heterocycles. The molecule has 0 aliphatic carbocycles.